The highest BCUT2D eigenvalue weighted by Crippen LogP contribution is 2.10. The summed E-state index contributed by atoms with van der Waals surface area (Å²) < 4.78 is 4.44. The molecule has 0 radical (unpaired) electrons. The smallest absolute Gasteiger partial charge is 0.211 e. The van der Waals surface area contributed by atoms with Crippen molar-refractivity contribution in [3.05, 3.63) is 0 Å². The summed E-state index contributed by atoms with van der Waals surface area (Å²) in [5, 5.41) is 16.7. The molecule has 0 aromatic carbocycles. The summed E-state index contributed by atoms with van der Waals surface area (Å²) in [6.45, 7) is 0.125. The van der Waals surface area contributed by atoms with Crippen LogP contribution in [0.25, 0.3) is 0 Å². The molecule has 0 unspecified atom stereocenters. The molecule has 0 aromatic heterocycles. The van der Waals surface area contributed by atoms with E-state index in [9.17, 15) is 0 Å². The molecule has 0 bridgehead atoms. The minimum Gasteiger partial charge on any atom is -0.370 e. The highest BCUT2D eigenvalue weighted by atomic mass is 16.6. The minimum atomic E-state index is -1.50. The zero-order valence-corrected chi connectivity index (χ0v) is 3.22. The summed E-state index contributed by atoms with van der Waals surface area (Å²) in [6.07, 6.45) is 0. The van der Waals surface area contributed by atoms with E-state index >= 15 is 0 Å². The molecule has 0 atom stereocenters. The van der Waals surface area contributed by atoms with Gasteiger partial charge in [0.05, 0.1) is 0 Å². The Kier molecular flexibility index (Phi) is 0.629. The van der Waals surface area contributed by atoms with Gasteiger partial charge in [0.25, 0.3) is 0 Å². The second kappa shape index (κ2) is 0.932. The molecule has 3 nitrogen and oxygen atoms in total. The van der Waals surface area contributed by atoms with Gasteiger partial charge in [-0.05, 0) is 0 Å². The third-order valence-corrected chi connectivity index (χ3v) is 0.666. The van der Waals surface area contributed by atoms with Crippen molar-refractivity contribution in [2.24, 2.45) is 0 Å². The SMILES string of the molecule is OC1(O)COC1. The van der Waals surface area contributed by atoms with Crippen molar-refractivity contribution >= 4 is 0 Å². The average molecular weight is 90.1 g/mol. The van der Waals surface area contributed by atoms with E-state index in [-0.39, 0.29) is 13.2 Å². The lowest BCUT2D eigenvalue weighted by atomic mass is 10.3. The zero-order chi connectivity index (χ0) is 4.62. The van der Waals surface area contributed by atoms with Crippen molar-refractivity contribution in [2.75, 3.05) is 13.2 Å². The summed E-state index contributed by atoms with van der Waals surface area (Å²) in [6, 6.07) is 0. The van der Waals surface area contributed by atoms with Crippen LogP contribution in [0.15, 0.2) is 0 Å². The molecule has 1 saturated heterocycles. The van der Waals surface area contributed by atoms with Crippen LogP contribution in [0.1, 0.15) is 0 Å². The molecule has 1 heterocycles. The van der Waals surface area contributed by atoms with Gasteiger partial charge in [-0.25, -0.2) is 0 Å². The fourth-order valence-electron chi connectivity index (χ4n) is 0.285. The van der Waals surface area contributed by atoms with Crippen LogP contribution in [-0.4, -0.2) is 29.2 Å². The molecule has 3 heteroatoms. The van der Waals surface area contributed by atoms with Gasteiger partial charge in [-0.15, -0.1) is 0 Å². The maximum Gasteiger partial charge on any atom is 0.211 e. The summed E-state index contributed by atoms with van der Waals surface area (Å²) in [5.74, 6) is -1.50. The normalized spacial score (nSPS) is 29.0. The Balaban J connectivity index is 2.31. The standard InChI is InChI=1S/C3H6O3/c4-3(5)1-6-2-3/h4-5H,1-2H2. The molecule has 0 amide bonds. The van der Waals surface area contributed by atoms with Crippen LogP contribution in [0, 0.1) is 0 Å². The monoisotopic (exact) mass is 90.0 g/mol. The van der Waals surface area contributed by atoms with E-state index < -0.39 is 5.79 Å². The first-order chi connectivity index (χ1) is 2.71. The van der Waals surface area contributed by atoms with Crippen molar-refractivity contribution in [2.45, 2.75) is 5.79 Å². The number of hydrogen-bond donors (Lipinski definition) is 2. The van der Waals surface area contributed by atoms with Gasteiger partial charge < -0.3 is 14.9 Å². The molecular weight excluding hydrogens is 84.0 g/mol. The fourth-order valence-corrected chi connectivity index (χ4v) is 0.285. The first kappa shape index (κ1) is 4.05. The lowest BCUT2D eigenvalue weighted by molar-refractivity contribution is -0.297. The zero-order valence-electron chi connectivity index (χ0n) is 3.22. The van der Waals surface area contributed by atoms with Crippen molar-refractivity contribution in [1.82, 2.24) is 0 Å². The maximum absolute atomic E-state index is 8.34. The average Bonchev–Trinajstić information content (AvgIpc) is 1.32. The van der Waals surface area contributed by atoms with Crippen molar-refractivity contribution in [3.63, 3.8) is 0 Å². The predicted molar refractivity (Wildman–Crippen MR) is 18.0 cm³/mol. The molecule has 1 rings (SSSR count). The second-order valence-electron chi connectivity index (χ2n) is 1.48. The van der Waals surface area contributed by atoms with Crippen LogP contribution >= 0.6 is 0 Å². The first-order valence-electron chi connectivity index (χ1n) is 1.73. The molecule has 0 aromatic rings. The van der Waals surface area contributed by atoms with E-state index in [0.717, 1.165) is 0 Å². The minimum absolute atomic E-state index is 0.0625. The Morgan fingerprint density at radius 1 is 1.33 bits per heavy atom. The van der Waals surface area contributed by atoms with Gasteiger partial charge >= 0.3 is 0 Å². The molecule has 1 aliphatic heterocycles. The highest BCUT2D eigenvalue weighted by Gasteiger charge is 2.32. The molecule has 1 aliphatic rings. The summed E-state index contributed by atoms with van der Waals surface area (Å²) in [4.78, 5) is 0. The Morgan fingerprint density at radius 3 is 1.67 bits per heavy atom. The van der Waals surface area contributed by atoms with Crippen LogP contribution < -0.4 is 0 Å². The lowest BCUT2D eigenvalue weighted by Crippen LogP contribution is -2.49. The van der Waals surface area contributed by atoms with Crippen molar-refractivity contribution < 1.29 is 14.9 Å². The molecular formula is C3H6O3. The third-order valence-electron chi connectivity index (χ3n) is 0.666. The van der Waals surface area contributed by atoms with E-state index in [2.05, 4.69) is 4.74 Å². The topological polar surface area (TPSA) is 49.7 Å². The summed E-state index contributed by atoms with van der Waals surface area (Å²) in [7, 11) is 0. The van der Waals surface area contributed by atoms with Crippen LogP contribution in [0.5, 0.6) is 0 Å². The van der Waals surface area contributed by atoms with Gasteiger partial charge in [0.2, 0.25) is 5.79 Å². The van der Waals surface area contributed by atoms with E-state index in [1.165, 1.54) is 0 Å². The first-order valence-corrected chi connectivity index (χ1v) is 1.73. The highest BCUT2D eigenvalue weighted by molar-refractivity contribution is 4.69. The van der Waals surface area contributed by atoms with Gasteiger partial charge in [0.15, 0.2) is 0 Å². The van der Waals surface area contributed by atoms with Gasteiger partial charge in [-0.3, -0.25) is 0 Å². The summed E-state index contributed by atoms with van der Waals surface area (Å²) >= 11 is 0. The van der Waals surface area contributed by atoms with Crippen LogP contribution in [0.3, 0.4) is 0 Å². The molecule has 0 saturated carbocycles. The van der Waals surface area contributed by atoms with Gasteiger partial charge in [0, 0.05) is 0 Å². The quantitative estimate of drug-likeness (QED) is 0.363. The van der Waals surface area contributed by atoms with Gasteiger partial charge in [0.1, 0.15) is 13.2 Å². The predicted octanol–water partition coefficient (Wildman–Crippen LogP) is -1.30. The van der Waals surface area contributed by atoms with E-state index in [1.54, 1.807) is 0 Å². The second-order valence-corrected chi connectivity index (χ2v) is 1.48. The third kappa shape index (κ3) is 0.518. The Bertz CT molecular complexity index is 53.1. The summed E-state index contributed by atoms with van der Waals surface area (Å²) in [5.41, 5.74) is 0. The maximum atomic E-state index is 8.34. The number of rotatable bonds is 0. The Labute approximate surface area is 35.2 Å². The molecule has 36 valence electrons. The largest absolute Gasteiger partial charge is 0.370 e. The van der Waals surface area contributed by atoms with Crippen molar-refractivity contribution in [3.8, 4) is 0 Å². The van der Waals surface area contributed by atoms with Crippen molar-refractivity contribution in [1.29, 1.82) is 0 Å². The van der Waals surface area contributed by atoms with Gasteiger partial charge in [-0.1, -0.05) is 0 Å². The molecule has 2 N–H and O–H groups in total. The fraction of sp³-hybridized carbons (Fsp3) is 1.00. The molecule has 0 spiro atoms. The van der Waals surface area contributed by atoms with E-state index in [0.29, 0.717) is 0 Å². The Morgan fingerprint density at radius 2 is 1.67 bits per heavy atom. The van der Waals surface area contributed by atoms with Gasteiger partial charge in [-0.2, -0.15) is 0 Å². The van der Waals surface area contributed by atoms with E-state index in [4.69, 9.17) is 10.2 Å². The van der Waals surface area contributed by atoms with Crippen LogP contribution in [0.2, 0.25) is 0 Å². The lowest BCUT2D eigenvalue weighted by Gasteiger charge is -2.29. The van der Waals surface area contributed by atoms with E-state index in [1.807, 2.05) is 0 Å². The number of ether oxygens (including phenoxy) is 1. The Hall–Kier alpha value is -0.120. The number of hydrogen-bond acceptors (Lipinski definition) is 3. The number of aliphatic hydroxyl groups is 2. The molecule has 6 heavy (non-hydrogen) atoms. The van der Waals surface area contributed by atoms with Crippen LogP contribution in [0.4, 0.5) is 0 Å². The van der Waals surface area contributed by atoms with Crippen LogP contribution in [-0.2, 0) is 4.74 Å². The molecule has 1 fully saturated rings. The molecule has 0 aliphatic carbocycles.